The molecule has 0 fully saturated rings. The standard InChI is InChI=1S/C21H23N3OS/c1-15(24-12-5-11-22-24)21(25)23-20(19-8-4-13-26-19)18-10-9-16-6-2-3-7-17(16)14-18/h4-5,8-15,20H,2-3,6-7H2,1H3,(H,23,25)/t15-,20+/m0/s1. The van der Waals surface area contributed by atoms with E-state index in [1.807, 2.05) is 25.3 Å². The molecule has 0 radical (unpaired) electrons. The number of hydrogen-bond acceptors (Lipinski definition) is 3. The van der Waals surface area contributed by atoms with Gasteiger partial charge in [-0.2, -0.15) is 5.10 Å². The zero-order valence-corrected chi connectivity index (χ0v) is 15.7. The van der Waals surface area contributed by atoms with Crippen LogP contribution in [0.1, 0.15) is 53.4 Å². The van der Waals surface area contributed by atoms with Crippen LogP contribution in [0.4, 0.5) is 0 Å². The maximum atomic E-state index is 12.8. The van der Waals surface area contributed by atoms with Crippen LogP contribution >= 0.6 is 11.3 Å². The first-order valence-electron chi connectivity index (χ1n) is 9.17. The first-order chi connectivity index (χ1) is 12.7. The lowest BCUT2D eigenvalue weighted by molar-refractivity contribution is -0.124. The molecule has 2 atom stereocenters. The predicted octanol–water partition coefficient (Wildman–Crippen LogP) is 4.29. The van der Waals surface area contributed by atoms with Crippen LogP contribution in [-0.4, -0.2) is 15.7 Å². The number of aryl methyl sites for hydroxylation is 2. The summed E-state index contributed by atoms with van der Waals surface area (Å²) in [5.41, 5.74) is 4.06. The third-order valence-corrected chi connectivity index (χ3v) is 6.06. The lowest BCUT2D eigenvalue weighted by Crippen LogP contribution is -2.34. The zero-order chi connectivity index (χ0) is 17.9. The van der Waals surface area contributed by atoms with E-state index in [0.717, 1.165) is 16.9 Å². The number of hydrogen-bond donors (Lipinski definition) is 1. The molecule has 4 rings (SSSR count). The number of amides is 1. The molecule has 1 aliphatic carbocycles. The van der Waals surface area contributed by atoms with Crippen molar-refractivity contribution in [3.8, 4) is 0 Å². The second kappa shape index (κ2) is 7.46. The van der Waals surface area contributed by atoms with E-state index in [2.05, 4.69) is 40.1 Å². The Morgan fingerprint density at radius 2 is 2.04 bits per heavy atom. The van der Waals surface area contributed by atoms with E-state index in [1.165, 1.54) is 30.4 Å². The van der Waals surface area contributed by atoms with Crippen molar-refractivity contribution in [1.29, 1.82) is 0 Å². The molecule has 1 aromatic carbocycles. The van der Waals surface area contributed by atoms with Crippen LogP contribution in [0.5, 0.6) is 0 Å². The normalized spacial score (nSPS) is 15.9. The van der Waals surface area contributed by atoms with Gasteiger partial charge in [0.1, 0.15) is 6.04 Å². The first-order valence-corrected chi connectivity index (χ1v) is 10.0. The largest absolute Gasteiger partial charge is 0.343 e. The van der Waals surface area contributed by atoms with Crippen molar-refractivity contribution in [2.45, 2.75) is 44.7 Å². The van der Waals surface area contributed by atoms with Crippen LogP contribution in [0.25, 0.3) is 0 Å². The quantitative estimate of drug-likeness (QED) is 0.733. The molecule has 0 bridgehead atoms. The molecule has 2 aromatic heterocycles. The van der Waals surface area contributed by atoms with Gasteiger partial charge in [-0.3, -0.25) is 9.48 Å². The second-order valence-corrected chi connectivity index (χ2v) is 7.83. The Kier molecular flexibility index (Phi) is 4.89. The molecule has 3 aromatic rings. The Bertz CT molecular complexity index is 871. The average Bonchev–Trinajstić information content (AvgIpc) is 3.38. The second-order valence-electron chi connectivity index (χ2n) is 6.85. The predicted molar refractivity (Wildman–Crippen MR) is 104 cm³/mol. The molecule has 0 spiro atoms. The van der Waals surface area contributed by atoms with E-state index in [0.29, 0.717) is 0 Å². The van der Waals surface area contributed by atoms with E-state index in [1.54, 1.807) is 22.2 Å². The minimum absolute atomic E-state index is 0.0233. The van der Waals surface area contributed by atoms with Gasteiger partial charge in [-0.1, -0.05) is 24.3 Å². The number of nitrogens with one attached hydrogen (secondary N) is 1. The fourth-order valence-corrected chi connectivity index (χ4v) is 4.40. The number of carbonyl (C=O) groups excluding carboxylic acids is 1. The van der Waals surface area contributed by atoms with E-state index in [-0.39, 0.29) is 18.0 Å². The Hall–Kier alpha value is -2.40. The summed E-state index contributed by atoms with van der Waals surface area (Å²) < 4.78 is 1.69. The Balaban J connectivity index is 1.62. The third kappa shape index (κ3) is 3.44. The highest BCUT2D eigenvalue weighted by Crippen LogP contribution is 2.30. The van der Waals surface area contributed by atoms with Crippen LogP contribution in [-0.2, 0) is 17.6 Å². The SMILES string of the molecule is C[C@@H](C(=O)N[C@H](c1ccc2c(c1)CCCC2)c1cccs1)n1cccn1. The van der Waals surface area contributed by atoms with Crippen molar-refractivity contribution in [2.24, 2.45) is 0 Å². The minimum Gasteiger partial charge on any atom is -0.343 e. The first kappa shape index (κ1) is 17.0. The molecule has 1 aliphatic rings. The van der Waals surface area contributed by atoms with Crippen molar-refractivity contribution in [3.05, 3.63) is 75.7 Å². The van der Waals surface area contributed by atoms with Gasteiger partial charge in [0.15, 0.2) is 0 Å². The number of carbonyl (C=O) groups is 1. The summed E-state index contributed by atoms with van der Waals surface area (Å²) in [4.78, 5) is 14.0. The van der Waals surface area contributed by atoms with Crippen molar-refractivity contribution < 1.29 is 4.79 Å². The van der Waals surface area contributed by atoms with Crippen LogP contribution in [0.2, 0.25) is 0 Å². The molecule has 4 nitrogen and oxygen atoms in total. The molecule has 0 aliphatic heterocycles. The van der Waals surface area contributed by atoms with Gasteiger partial charge in [-0.15, -0.1) is 11.3 Å². The summed E-state index contributed by atoms with van der Waals surface area (Å²) in [6, 6.07) is 12.2. The van der Waals surface area contributed by atoms with Gasteiger partial charge >= 0.3 is 0 Å². The molecule has 0 saturated heterocycles. The average molecular weight is 366 g/mol. The van der Waals surface area contributed by atoms with Crippen molar-refractivity contribution in [1.82, 2.24) is 15.1 Å². The van der Waals surface area contributed by atoms with Crippen LogP contribution < -0.4 is 5.32 Å². The highest BCUT2D eigenvalue weighted by molar-refractivity contribution is 7.10. The summed E-state index contributed by atoms with van der Waals surface area (Å²) >= 11 is 1.68. The molecular formula is C21H23N3OS. The fourth-order valence-electron chi connectivity index (χ4n) is 3.60. The molecule has 2 heterocycles. The number of aromatic nitrogens is 2. The van der Waals surface area contributed by atoms with E-state index >= 15 is 0 Å². The van der Waals surface area contributed by atoms with Crippen molar-refractivity contribution in [2.75, 3.05) is 0 Å². The maximum Gasteiger partial charge on any atom is 0.245 e. The van der Waals surface area contributed by atoms with Gasteiger partial charge in [0.2, 0.25) is 5.91 Å². The highest BCUT2D eigenvalue weighted by Gasteiger charge is 2.23. The molecule has 5 heteroatoms. The maximum absolute atomic E-state index is 12.8. The lowest BCUT2D eigenvalue weighted by atomic mass is 9.89. The molecule has 0 saturated carbocycles. The van der Waals surface area contributed by atoms with Gasteiger partial charge in [0, 0.05) is 17.3 Å². The van der Waals surface area contributed by atoms with Gasteiger partial charge < -0.3 is 5.32 Å². The molecule has 1 N–H and O–H groups in total. The molecule has 134 valence electrons. The summed E-state index contributed by atoms with van der Waals surface area (Å²) in [7, 11) is 0. The highest BCUT2D eigenvalue weighted by atomic mass is 32.1. The number of benzene rings is 1. The van der Waals surface area contributed by atoms with Gasteiger partial charge in [0.25, 0.3) is 0 Å². The Morgan fingerprint density at radius 1 is 1.19 bits per heavy atom. The number of nitrogens with zero attached hydrogens (tertiary/aromatic N) is 2. The monoisotopic (exact) mass is 365 g/mol. The third-order valence-electron chi connectivity index (χ3n) is 5.12. The summed E-state index contributed by atoms with van der Waals surface area (Å²) in [5, 5.41) is 9.50. The number of fused-ring (bicyclic) bond motifs is 1. The van der Waals surface area contributed by atoms with Crippen LogP contribution in [0, 0.1) is 0 Å². The van der Waals surface area contributed by atoms with Crippen molar-refractivity contribution >= 4 is 17.2 Å². The molecule has 0 unspecified atom stereocenters. The topological polar surface area (TPSA) is 46.9 Å². The zero-order valence-electron chi connectivity index (χ0n) is 14.9. The lowest BCUT2D eigenvalue weighted by Gasteiger charge is -2.23. The Morgan fingerprint density at radius 3 is 2.77 bits per heavy atom. The number of thiophene rings is 1. The number of rotatable bonds is 5. The summed E-state index contributed by atoms with van der Waals surface area (Å²) in [6.07, 6.45) is 8.36. The van der Waals surface area contributed by atoms with Crippen LogP contribution in [0.3, 0.4) is 0 Å². The van der Waals surface area contributed by atoms with Gasteiger partial charge in [-0.25, -0.2) is 0 Å². The molecular weight excluding hydrogens is 342 g/mol. The van der Waals surface area contributed by atoms with E-state index in [4.69, 9.17) is 0 Å². The van der Waals surface area contributed by atoms with Gasteiger partial charge in [0.05, 0.1) is 6.04 Å². The molecule has 26 heavy (non-hydrogen) atoms. The Labute approximate surface area is 157 Å². The summed E-state index contributed by atoms with van der Waals surface area (Å²) in [6.45, 7) is 1.88. The fraction of sp³-hybridized carbons (Fsp3) is 0.333. The van der Waals surface area contributed by atoms with E-state index < -0.39 is 0 Å². The van der Waals surface area contributed by atoms with Gasteiger partial charge in [-0.05, 0) is 66.8 Å². The van der Waals surface area contributed by atoms with Crippen molar-refractivity contribution in [3.63, 3.8) is 0 Å². The van der Waals surface area contributed by atoms with Crippen LogP contribution in [0.15, 0.2) is 54.2 Å². The smallest absolute Gasteiger partial charge is 0.245 e. The van der Waals surface area contributed by atoms with E-state index in [9.17, 15) is 4.79 Å². The summed E-state index contributed by atoms with van der Waals surface area (Å²) in [5.74, 6) is -0.0233. The minimum atomic E-state index is -0.343. The molecule has 1 amide bonds.